The average Bonchev–Trinajstić information content (AvgIpc) is 2.69. The number of nitrogens with zero attached hydrogens (tertiary/aromatic N) is 1. The molecule has 5 nitrogen and oxygen atoms in total. The summed E-state index contributed by atoms with van der Waals surface area (Å²) in [5.74, 6) is -1.61. The Hall–Kier alpha value is -1.40. The van der Waals surface area contributed by atoms with Crippen LogP contribution in [0.4, 0.5) is 0 Å². The van der Waals surface area contributed by atoms with Crippen LogP contribution in [0.3, 0.4) is 0 Å². The molecule has 1 amide bonds. The standard InChI is InChI=1S/C9H11NO4S/c1-10(6(5-11)9(13)14)8(12)7-3-2-4-15-7/h2-4,6,11H,5H2,1H3,(H,13,14). The summed E-state index contributed by atoms with van der Waals surface area (Å²) in [7, 11) is 1.36. The quantitative estimate of drug-likeness (QED) is 0.776. The first-order chi connectivity index (χ1) is 7.07. The molecule has 1 rings (SSSR count). The van der Waals surface area contributed by atoms with E-state index in [-0.39, 0.29) is 0 Å². The Kier molecular flexibility index (Phi) is 3.81. The number of aliphatic hydroxyl groups is 1. The lowest BCUT2D eigenvalue weighted by Crippen LogP contribution is -2.44. The van der Waals surface area contributed by atoms with Gasteiger partial charge in [-0.05, 0) is 11.4 Å². The number of likely N-dealkylation sites (N-methyl/N-ethyl adjacent to an activating group) is 1. The highest BCUT2D eigenvalue weighted by molar-refractivity contribution is 7.12. The SMILES string of the molecule is CN(C(=O)c1cccs1)C(CO)C(=O)O. The second-order valence-electron chi connectivity index (χ2n) is 2.93. The van der Waals surface area contributed by atoms with Gasteiger partial charge in [-0.2, -0.15) is 0 Å². The second-order valence-corrected chi connectivity index (χ2v) is 3.88. The third-order valence-electron chi connectivity index (χ3n) is 1.98. The summed E-state index contributed by atoms with van der Waals surface area (Å²) < 4.78 is 0. The van der Waals surface area contributed by atoms with E-state index in [1.54, 1.807) is 17.5 Å². The zero-order valence-electron chi connectivity index (χ0n) is 8.08. The van der Waals surface area contributed by atoms with Crippen LogP contribution in [-0.2, 0) is 4.79 Å². The van der Waals surface area contributed by atoms with Gasteiger partial charge in [-0.25, -0.2) is 4.79 Å². The summed E-state index contributed by atoms with van der Waals surface area (Å²) in [5.41, 5.74) is 0. The molecule has 1 atom stereocenters. The molecule has 2 N–H and O–H groups in total. The smallest absolute Gasteiger partial charge is 0.328 e. The van der Waals surface area contributed by atoms with Gasteiger partial charge in [0.1, 0.15) is 0 Å². The number of carboxylic acid groups (broad SMARTS) is 1. The lowest BCUT2D eigenvalue weighted by molar-refractivity contribution is -0.143. The van der Waals surface area contributed by atoms with Crippen molar-refractivity contribution >= 4 is 23.2 Å². The van der Waals surface area contributed by atoms with Gasteiger partial charge in [0.15, 0.2) is 6.04 Å². The summed E-state index contributed by atoms with van der Waals surface area (Å²) in [4.78, 5) is 23.8. The predicted molar refractivity (Wildman–Crippen MR) is 54.9 cm³/mol. The van der Waals surface area contributed by atoms with Gasteiger partial charge in [0.2, 0.25) is 0 Å². The summed E-state index contributed by atoms with van der Waals surface area (Å²) in [6.07, 6.45) is 0. The molecule has 15 heavy (non-hydrogen) atoms. The number of aliphatic carboxylic acids is 1. The van der Waals surface area contributed by atoms with Crippen molar-refractivity contribution in [3.63, 3.8) is 0 Å². The molecule has 1 aromatic heterocycles. The van der Waals surface area contributed by atoms with Crippen LogP contribution in [0.1, 0.15) is 9.67 Å². The number of hydrogen-bond acceptors (Lipinski definition) is 4. The molecule has 0 saturated heterocycles. The highest BCUT2D eigenvalue weighted by atomic mass is 32.1. The van der Waals surface area contributed by atoms with E-state index in [9.17, 15) is 9.59 Å². The molecule has 1 aromatic rings. The topological polar surface area (TPSA) is 77.8 Å². The summed E-state index contributed by atoms with van der Waals surface area (Å²) in [6.45, 7) is -0.594. The van der Waals surface area contributed by atoms with Gasteiger partial charge in [0.25, 0.3) is 5.91 Å². The van der Waals surface area contributed by atoms with Crippen LogP contribution < -0.4 is 0 Å². The predicted octanol–water partition coefficient (Wildman–Crippen LogP) is 0.266. The van der Waals surface area contributed by atoms with Gasteiger partial charge in [0, 0.05) is 7.05 Å². The lowest BCUT2D eigenvalue weighted by atomic mass is 10.2. The Morgan fingerprint density at radius 1 is 1.60 bits per heavy atom. The number of carbonyl (C=O) groups is 2. The van der Waals surface area contributed by atoms with Crippen molar-refractivity contribution in [2.75, 3.05) is 13.7 Å². The van der Waals surface area contributed by atoms with E-state index in [4.69, 9.17) is 10.2 Å². The number of hydrogen-bond donors (Lipinski definition) is 2. The Bertz CT molecular complexity index is 349. The summed E-state index contributed by atoms with van der Waals surface area (Å²) in [6, 6.07) is 2.12. The van der Waals surface area contributed by atoms with Crippen LogP contribution in [0, 0.1) is 0 Å². The normalized spacial score (nSPS) is 12.1. The molecule has 0 radical (unpaired) electrons. The maximum atomic E-state index is 11.7. The van der Waals surface area contributed by atoms with E-state index >= 15 is 0 Å². The fourth-order valence-electron chi connectivity index (χ4n) is 1.08. The van der Waals surface area contributed by atoms with E-state index in [2.05, 4.69) is 0 Å². The zero-order chi connectivity index (χ0) is 11.4. The van der Waals surface area contributed by atoms with Crippen LogP contribution in [0.2, 0.25) is 0 Å². The van der Waals surface area contributed by atoms with Gasteiger partial charge >= 0.3 is 5.97 Å². The lowest BCUT2D eigenvalue weighted by Gasteiger charge is -2.22. The first-order valence-electron chi connectivity index (χ1n) is 4.22. The van der Waals surface area contributed by atoms with E-state index in [0.717, 1.165) is 4.90 Å². The van der Waals surface area contributed by atoms with Crippen LogP contribution in [-0.4, -0.2) is 46.7 Å². The molecule has 0 bridgehead atoms. The fraction of sp³-hybridized carbons (Fsp3) is 0.333. The molecular formula is C9H11NO4S. The van der Waals surface area contributed by atoms with Crippen molar-refractivity contribution < 1.29 is 19.8 Å². The maximum absolute atomic E-state index is 11.7. The van der Waals surface area contributed by atoms with Gasteiger partial charge < -0.3 is 15.1 Å². The third kappa shape index (κ3) is 2.54. The monoisotopic (exact) mass is 229 g/mol. The highest BCUT2D eigenvalue weighted by Gasteiger charge is 2.26. The molecule has 0 fully saturated rings. The molecule has 0 spiro atoms. The van der Waals surface area contributed by atoms with Crippen molar-refractivity contribution in [3.8, 4) is 0 Å². The third-order valence-corrected chi connectivity index (χ3v) is 2.84. The van der Waals surface area contributed by atoms with Gasteiger partial charge in [-0.3, -0.25) is 4.79 Å². The first kappa shape index (κ1) is 11.7. The molecule has 1 unspecified atom stereocenters. The van der Waals surface area contributed by atoms with Gasteiger partial charge in [-0.15, -0.1) is 11.3 Å². The number of carbonyl (C=O) groups excluding carboxylic acids is 1. The molecule has 0 aromatic carbocycles. The minimum absolute atomic E-state index is 0.397. The Labute approximate surface area is 90.6 Å². The molecule has 0 aliphatic rings. The van der Waals surface area contributed by atoms with Crippen LogP contribution >= 0.6 is 11.3 Å². The van der Waals surface area contributed by atoms with Crippen molar-refractivity contribution in [1.82, 2.24) is 4.90 Å². The van der Waals surface area contributed by atoms with Crippen LogP contribution in [0.15, 0.2) is 17.5 Å². The van der Waals surface area contributed by atoms with Crippen molar-refractivity contribution in [2.24, 2.45) is 0 Å². The number of aliphatic hydroxyl groups excluding tert-OH is 1. The highest BCUT2D eigenvalue weighted by Crippen LogP contribution is 2.12. The minimum atomic E-state index is -1.22. The minimum Gasteiger partial charge on any atom is -0.480 e. The molecule has 6 heteroatoms. The average molecular weight is 229 g/mol. The largest absolute Gasteiger partial charge is 0.480 e. The fourth-order valence-corrected chi connectivity index (χ4v) is 1.79. The van der Waals surface area contributed by atoms with E-state index < -0.39 is 24.5 Å². The molecule has 82 valence electrons. The van der Waals surface area contributed by atoms with Crippen molar-refractivity contribution in [2.45, 2.75) is 6.04 Å². The van der Waals surface area contributed by atoms with Crippen molar-refractivity contribution in [1.29, 1.82) is 0 Å². The molecule has 0 aliphatic heterocycles. The summed E-state index contributed by atoms with van der Waals surface area (Å²) >= 11 is 1.23. The van der Waals surface area contributed by atoms with Crippen molar-refractivity contribution in [3.05, 3.63) is 22.4 Å². The Morgan fingerprint density at radius 2 is 2.27 bits per heavy atom. The Morgan fingerprint density at radius 3 is 2.67 bits per heavy atom. The molecule has 0 aliphatic carbocycles. The maximum Gasteiger partial charge on any atom is 0.328 e. The van der Waals surface area contributed by atoms with E-state index in [1.807, 2.05) is 0 Å². The number of rotatable bonds is 4. The first-order valence-corrected chi connectivity index (χ1v) is 5.10. The second kappa shape index (κ2) is 4.90. The van der Waals surface area contributed by atoms with Crippen LogP contribution in [0.25, 0.3) is 0 Å². The number of amides is 1. The summed E-state index contributed by atoms with van der Waals surface area (Å²) in [5, 5.41) is 19.3. The molecule has 1 heterocycles. The molecular weight excluding hydrogens is 218 g/mol. The van der Waals surface area contributed by atoms with E-state index in [1.165, 1.54) is 18.4 Å². The molecule has 0 saturated carbocycles. The zero-order valence-corrected chi connectivity index (χ0v) is 8.90. The van der Waals surface area contributed by atoms with Gasteiger partial charge in [0.05, 0.1) is 11.5 Å². The number of thiophene rings is 1. The number of carboxylic acids is 1. The Balaban J connectivity index is 2.80. The van der Waals surface area contributed by atoms with Crippen LogP contribution in [0.5, 0.6) is 0 Å². The van der Waals surface area contributed by atoms with E-state index in [0.29, 0.717) is 4.88 Å². The van der Waals surface area contributed by atoms with Gasteiger partial charge in [-0.1, -0.05) is 6.07 Å².